The van der Waals surface area contributed by atoms with E-state index in [-0.39, 0.29) is 0 Å². The van der Waals surface area contributed by atoms with E-state index in [9.17, 15) is 5.11 Å². The molecule has 164 valence electrons. The number of aliphatic hydroxyl groups excluding tert-OH is 1. The Morgan fingerprint density at radius 3 is 2.32 bits per heavy atom. The molecular weight excluding hydrogens is 394 g/mol. The molecule has 1 N–H and O–H groups in total. The van der Waals surface area contributed by atoms with Gasteiger partial charge in [0.05, 0.1) is 33.1 Å². The van der Waals surface area contributed by atoms with Crippen molar-refractivity contribution in [2.45, 2.75) is 19.1 Å². The lowest BCUT2D eigenvalue weighted by atomic mass is 10.1. The van der Waals surface area contributed by atoms with Gasteiger partial charge in [0.1, 0.15) is 5.82 Å². The summed E-state index contributed by atoms with van der Waals surface area (Å²) < 4.78 is 18.6. The molecule has 0 saturated carbocycles. The van der Waals surface area contributed by atoms with Crippen LogP contribution < -0.4 is 14.2 Å². The SMILES string of the molecule is COc1cc(-c2nc3c(n2C)CCN(CC(O)c2ccccc2)C3)cc(OC)c1OC. The van der Waals surface area contributed by atoms with Crippen LogP contribution in [0.5, 0.6) is 17.2 Å². The lowest BCUT2D eigenvalue weighted by molar-refractivity contribution is 0.105. The lowest BCUT2D eigenvalue weighted by Gasteiger charge is -2.28. The van der Waals surface area contributed by atoms with Crippen LogP contribution in [0, 0.1) is 0 Å². The first-order valence-corrected chi connectivity index (χ1v) is 10.4. The number of rotatable bonds is 7. The zero-order valence-electron chi connectivity index (χ0n) is 18.5. The van der Waals surface area contributed by atoms with Gasteiger partial charge in [0, 0.05) is 44.4 Å². The molecule has 0 amide bonds. The average Bonchev–Trinajstić information content (AvgIpc) is 3.14. The largest absolute Gasteiger partial charge is 0.493 e. The van der Waals surface area contributed by atoms with Crippen LogP contribution in [0.2, 0.25) is 0 Å². The molecule has 0 radical (unpaired) electrons. The molecule has 7 heteroatoms. The van der Waals surface area contributed by atoms with Crippen molar-refractivity contribution in [2.24, 2.45) is 7.05 Å². The van der Waals surface area contributed by atoms with Crippen LogP contribution in [0.4, 0.5) is 0 Å². The molecule has 0 spiro atoms. The molecule has 3 aromatic rings. The van der Waals surface area contributed by atoms with Gasteiger partial charge in [0.2, 0.25) is 5.75 Å². The second-order valence-corrected chi connectivity index (χ2v) is 7.71. The molecule has 1 aliphatic rings. The quantitative estimate of drug-likeness (QED) is 0.629. The molecule has 31 heavy (non-hydrogen) atoms. The van der Waals surface area contributed by atoms with E-state index in [0.29, 0.717) is 30.3 Å². The van der Waals surface area contributed by atoms with Crippen LogP contribution in [0.1, 0.15) is 23.1 Å². The number of ether oxygens (including phenoxy) is 3. The van der Waals surface area contributed by atoms with E-state index in [4.69, 9.17) is 19.2 Å². The third-order valence-corrected chi connectivity index (χ3v) is 5.87. The molecular formula is C24H29N3O4. The monoisotopic (exact) mass is 423 g/mol. The predicted molar refractivity (Wildman–Crippen MR) is 119 cm³/mol. The Morgan fingerprint density at radius 2 is 1.71 bits per heavy atom. The first kappa shape index (κ1) is 21.2. The summed E-state index contributed by atoms with van der Waals surface area (Å²) in [5.41, 5.74) is 4.10. The second-order valence-electron chi connectivity index (χ2n) is 7.71. The van der Waals surface area contributed by atoms with Gasteiger partial charge in [0.15, 0.2) is 11.5 Å². The number of β-amino-alcohol motifs (C(OH)–C–C–N with tert-alkyl or cyclic N) is 1. The molecule has 1 atom stereocenters. The Hall–Kier alpha value is -3.03. The topological polar surface area (TPSA) is 69.0 Å². The summed E-state index contributed by atoms with van der Waals surface area (Å²) in [5.74, 6) is 2.62. The number of aliphatic hydroxyl groups is 1. The molecule has 0 aliphatic carbocycles. The Labute approximate surface area is 182 Å². The molecule has 4 rings (SSSR count). The Morgan fingerprint density at radius 1 is 1.03 bits per heavy atom. The summed E-state index contributed by atoms with van der Waals surface area (Å²) in [7, 11) is 6.86. The fourth-order valence-corrected chi connectivity index (χ4v) is 4.23. The van der Waals surface area contributed by atoms with Crippen LogP contribution in [0.15, 0.2) is 42.5 Å². The van der Waals surface area contributed by atoms with Gasteiger partial charge in [-0.2, -0.15) is 0 Å². The number of aromatic nitrogens is 2. The molecule has 2 aromatic carbocycles. The van der Waals surface area contributed by atoms with E-state index in [1.165, 1.54) is 5.69 Å². The van der Waals surface area contributed by atoms with Gasteiger partial charge in [-0.25, -0.2) is 4.98 Å². The van der Waals surface area contributed by atoms with E-state index in [1.54, 1.807) is 21.3 Å². The average molecular weight is 424 g/mol. The van der Waals surface area contributed by atoms with Gasteiger partial charge in [-0.15, -0.1) is 0 Å². The highest BCUT2D eigenvalue weighted by molar-refractivity contribution is 5.67. The van der Waals surface area contributed by atoms with Crippen LogP contribution in [0.3, 0.4) is 0 Å². The number of imidazole rings is 1. The second kappa shape index (κ2) is 8.99. The van der Waals surface area contributed by atoms with Crippen LogP contribution in [0.25, 0.3) is 11.4 Å². The summed E-state index contributed by atoms with van der Waals surface area (Å²) >= 11 is 0. The van der Waals surface area contributed by atoms with Crippen molar-refractivity contribution >= 4 is 0 Å². The molecule has 1 aliphatic heterocycles. The van der Waals surface area contributed by atoms with Gasteiger partial charge in [0.25, 0.3) is 0 Å². The van der Waals surface area contributed by atoms with E-state index in [0.717, 1.165) is 35.6 Å². The number of methoxy groups -OCH3 is 3. The van der Waals surface area contributed by atoms with Crippen molar-refractivity contribution in [3.63, 3.8) is 0 Å². The number of hydrogen-bond donors (Lipinski definition) is 1. The Kier molecular flexibility index (Phi) is 6.15. The van der Waals surface area contributed by atoms with Crippen LogP contribution in [-0.4, -0.2) is 54.0 Å². The van der Waals surface area contributed by atoms with Crippen molar-refractivity contribution in [3.05, 3.63) is 59.4 Å². The highest BCUT2D eigenvalue weighted by atomic mass is 16.5. The molecule has 0 saturated heterocycles. The molecule has 2 heterocycles. The summed E-state index contributed by atoms with van der Waals surface area (Å²) in [6, 6.07) is 13.6. The van der Waals surface area contributed by atoms with Gasteiger partial charge >= 0.3 is 0 Å². The summed E-state index contributed by atoms with van der Waals surface area (Å²) in [4.78, 5) is 7.20. The molecule has 1 unspecified atom stereocenters. The van der Waals surface area contributed by atoms with Crippen molar-refractivity contribution in [2.75, 3.05) is 34.4 Å². The van der Waals surface area contributed by atoms with Gasteiger partial charge in [-0.3, -0.25) is 4.90 Å². The Bertz CT molecular complexity index is 1020. The number of nitrogens with zero attached hydrogens (tertiary/aromatic N) is 3. The minimum atomic E-state index is -0.513. The minimum Gasteiger partial charge on any atom is -0.493 e. The maximum Gasteiger partial charge on any atom is 0.203 e. The zero-order valence-corrected chi connectivity index (χ0v) is 18.5. The predicted octanol–water partition coefficient (Wildman–Crippen LogP) is 3.20. The Balaban J connectivity index is 1.59. The molecule has 0 fully saturated rings. The van der Waals surface area contributed by atoms with Crippen molar-refractivity contribution in [3.8, 4) is 28.6 Å². The van der Waals surface area contributed by atoms with Crippen molar-refractivity contribution in [1.82, 2.24) is 14.5 Å². The maximum atomic E-state index is 10.6. The van der Waals surface area contributed by atoms with E-state index >= 15 is 0 Å². The van der Waals surface area contributed by atoms with Crippen LogP contribution in [-0.2, 0) is 20.0 Å². The van der Waals surface area contributed by atoms with Crippen LogP contribution >= 0.6 is 0 Å². The molecule has 0 bridgehead atoms. The van der Waals surface area contributed by atoms with E-state index < -0.39 is 6.10 Å². The minimum absolute atomic E-state index is 0.513. The highest BCUT2D eigenvalue weighted by Crippen LogP contribution is 2.41. The maximum absolute atomic E-state index is 10.6. The van der Waals surface area contributed by atoms with Gasteiger partial charge in [-0.1, -0.05) is 30.3 Å². The summed E-state index contributed by atoms with van der Waals surface area (Å²) in [6.45, 7) is 2.17. The highest BCUT2D eigenvalue weighted by Gasteiger charge is 2.26. The number of benzene rings is 2. The fourth-order valence-electron chi connectivity index (χ4n) is 4.23. The smallest absolute Gasteiger partial charge is 0.203 e. The van der Waals surface area contributed by atoms with Crippen molar-refractivity contribution < 1.29 is 19.3 Å². The van der Waals surface area contributed by atoms with Gasteiger partial charge < -0.3 is 23.9 Å². The fraction of sp³-hybridized carbons (Fsp3) is 0.375. The zero-order chi connectivity index (χ0) is 22.0. The number of hydrogen-bond acceptors (Lipinski definition) is 6. The van der Waals surface area contributed by atoms with E-state index in [1.807, 2.05) is 49.5 Å². The van der Waals surface area contributed by atoms with Gasteiger partial charge in [-0.05, 0) is 17.7 Å². The summed E-state index contributed by atoms with van der Waals surface area (Å²) in [5, 5.41) is 10.6. The van der Waals surface area contributed by atoms with E-state index in [2.05, 4.69) is 9.47 Å². The standard InChI is InChI=1S/C24H29N3O4/c1-26-19-10-11-27(15-20(28)16-8-6-5-7-9-16)14-18(19)25-24(26)17-12-21(29-2)23(31-4)22(13-17)30-3/h5-9,12-13,20,28H,10-11,14-15H2,1-4H3. The van der Waals surface area contributed by atoms with Crippen molar-refractivity contribution in [1.29, 1.82) is 0 Å². The molecule has 7 nitrogen and oxygen atoms in total. The first-order chi connectivity index (χ1) is 15.0. The summed E-state index contributed by atoms with van der Waals surface area (Å²) in [6.07, 6.45) is 0.367. The third-order valence-electron chi connectivity index (χ3n) is 5.87. The first-order valence-electron chi connectivity index (χ1n) is 10.4. The third kappa shape index (κ3) is 4.11. The number of fused-ring (bicyclic) bond motifs is 1. The normalized spacial score (nSPS) is 14.7. The lowest BCUT2D eigenvalue weighted by Crippen LogP contribution is -2.34. The molecule has 1 aromatic heterocycles.